The molecule has 1 aromatic carbocycles. The highest BCUT2D eigenvalue weighted by molar-refractivity contribution is 5.74. The Labute approximate surface area is 147 Å². The molecule has 3 rings (SSSR count). The van der Waals surface area contributed by atoms with Crippen LogP contribution in [-0.4, -0.2) is 24.2 Å². The Bertz CT molecular complexity index is 904. The fraction of sp³-hybridized carbons (Fsp3) is 0.143. The average Bonchev–Trinajstić information content (AvgIpc) is 2.66. The van der Waals surface area contributed by atoms with E-state index in [1.807, 2.05) is 61.5 Å². The molecule has 0 saturated heterocycles. The van der Waals surface area contributed by atoms with E-state index in [-0.39, 0.29) is 0 Å². The summed E-state index contributed by atoms with van der Waals surface area (Å²) in [4.78, 5) is 8.82. The monoisotopic (exact) mass is 332 g/mol. The molecule has 0 bridgehead atoms. The molecule has 2 aromatic heterocycles. The van der Waals surface area contributed by atoms with Gasteiger partial charge in [0.05, 0.1) is 25.6 Å². The largest absolute Gasteiger partial charge is 0.497 e. The zero-order valence-corrected chi connectivity index (χ0v) is 14.6. The average molecular weight is 332 g/mol. The summed E-state index contributed by atoms with van der Waals surface area (Å²) in [6, 6.07) is 13.7. The second-order valence-corrected chi connectivity index (χ2v) is 5.63. The van der Waals surface area contributed by atoms with Crippen LogP contribution in [0, 0.1) is 6.92 Å². The minimum Gasteiger partial charge on any atom is -0.497 e. The third-order valence-corrected chi connectivity index (χ3v) is 3.85. The van der Waals surface area contributed by atoms with Gasteiger partial charge < -0.3 is 9.47 Å². The van der Waals surface area contributed by atoms with E-state index in [2.05, 4.69) is 9.97 Å². The summed E-state index contributed by atoms with van der Waals surface area (Å²) in [5.41, 5.74) is 4.87. The Hall–Kier alpha value is -3.14. The van der Waals surface area contributed by atoms with Gasteiger partial charge in [-0.25, -0.2) is 0 Å². The number of hydrogen-bond acceptors (Lipinski definition) is 4. The van der Waals surface area contributed by atoms with Crippen molar-refractivity contribution in [3.05, 3.63) is 71.5 Å². The molecular weight excluding hydrogens is 312 g/mol. The molecule has 0 amide bonds. The number of benzene rings is 1. The van der Waals surface area contributed by atoms with Crippen molar-refractivity contribution in [3.8, 4) is 22.9 Å². The highest BCUT2D eigenvalue weighted by Gasteiger charge is 2.04. The van der Waals surface area contributed by atoms with E-state index in [0.717, 1.165) is 39.6 Å². The standard InChI is InChI=1S/C21H20N2O2/c1-15-8-10-22-19(12-15)20-13-16(9-11-23-20)4-5-17-14-18(24-2)6-7-21(17)25-3/h4-14H,1-3H3/b5-4+. The molecule has 0 fully saturated rings. The molecule has 0 spiro atoms. The molecule has 0 radical (unpaired) electrons. The summed E-state index contributed by atoms with van der Waals surface area (Å²) in [6.07, 6.45) is 7.63. The fourth-order valence-electron chi connectivity index (χ4n) is 2.52. The number of ether oxygens (including phenoxy) is 2. The molecule has 3 aromatic rings. The van der Waals surface area contributed by atoms with Gasteiger partial charge in [0.25, 0.3) is 0 Å². The minimum absolute atomic E-state index is 0.792. The molecule has 0 aliphatic carbocycles. The number of aryl methyl sites for hydroxylation is 1. The first-order valence-corrected chi connectivity index (χ1v) is 7.99. The van der Waals surface area contributed by atoms with E-state index in [9.17, 15) is 0 Å². The molecule has 2 heterocycles. The molecule has 4 nitrogen and oxygen atoms in total. The molecule has 126 valence electrons. The van der Waals surface area contributed by atoms with Gasteiger partial charge in [0, 0.05) is 18.0 Å². The van der Waals surface area contributed by atoms with Crippen LogP contribution in [0.1, 0.15) is 16.7 Å². The van der Waals surface area contributed by atoms with Crippen molar-refractivity contribution in [1.82, 2.24) is 9.97 Å². The number of methoxy groups -OCH3 is 2. The molecule has 0 aliphatic heterocycles. The number of pyridine rings is 2. The summed E-state index contributed by atoms with van der Waals surface area (Å²) < 4.78 is 10.7. The minimum atomic E-state index is 0.792. The third kappa shape index (κ3) is 4.04. The van der Waals surface area contributed by atoms with E-state index >= 15 is 0 Å². The second kappa shape index (κ2) is 7.62. The Kier molecular flexibility index (Phi) is 5.09. The summed E-state index contributed by atoms with van der Waals surface area (Å²) in [5.74, 6) is 1.59. The van der Waals surface area contributed by atoms with E-state index in [0.29, 0.717) is 0 Å². The van der Waals surface area contributed by atoms with E-state index in [1.54, 1.807) is 26.6 Å². The summed E-state index contributed by atoms with van der Waals surface area (Å²) in [6.45, 7) is 2.05. The maximum atomic E-state index is 5.41. The van der Waals surface area contributed by atoms with Crippen molar-refractivity contribution in [2.24, 2.45) is 0 Å². The first-order chi connectivity index (χ1) is 12.2. The second-order valence-electron chi connectivity index (χ2n) is 5.63. The van der Waals surface area contributed by atoms with Gasteiger partial charge >= 0.3 is 0 Å². The van der Waals surface area contributed by atoms with Crippen LogP contribution in [0.5, 0.6) is 11.5 Å². The number of aromatic nitrogens is 2. The Morgan fingerprint density at radius 2 is 1.56 bits per heavy atom. The van der Waals surface area contributed by atoms with Crippen molar-refractivity contribution in [3.63, 3.8) is 0 Å². The fourth-order valence-corrected chi connectivity index (χ4v) is 2.52. The van der Waals surface area contributed by atoms with E-state index in [4.69, 9.17) is 9.47 Å². The van der Waals surface area contributed by atoms with Crippen LogP contribution in [0.2, 0.25) is 0 Å². The maximum Gasteiger partial charge on any atom is 0.126 e. The zero-order chi connectivity index (χ0) is 17.6. The van der Waals surface area contributed by atoms with Crippen LogP contribution in [0.15, 0.2) is 54.9 Å². The summed E-state index contributed by atoms with van der Waals surface area (Å²) >= 11 is 0. The molecule has 4 heteroatoms. The van der Waals surface area contributed by atoms with Gasteiger partial charge in [-0.1, -0.05) is 12.2 Å². The molecular formula is C21H20N2O2. The highest BCUT2D eigenvalue weighted by Crippen LogP contribution is 2.26. The smallest absolute Gasteiger partial charge is 0.126 e. The highest BCUT2D eigenvalue weighted by atomic mass is 16.5. The maximum absolute atomic E-state index is 5.41. The van der Waals surface area contributed by atoms with Crippen LogP contribution in [-0.2, 0) is 0 Å². The number of hydrogen-bond donors (Lipinski definition) is 0. The van der Waals surface area contributed by atoms with Crippen molar-refractivity contribution in [1.29, 1.82) is 0 Å². The van der Waals surface area contributed by atoms with Crippen LogP contribution < -0.4 is 9.47 Å². The Morgan fingerprint density at radius 1 is 0.800 bits per heavy atom. The van der Waals surface area contributed by atoms with Crippen LogP contribution in [0.3, 0.4) is 0 Å². The Morgan fingerprint density at radius 3 is 2.28 bits per heavy atom. The number of nitrogens with zero attached hydrogens (tertiary/aromatic N) is 2. The third-order valence-electron chi connectivity index (χ3n) is 3.85. The molecule has 25 heavy (non-hydrogen) atoms. The predicted octanol–water partition coefficient (Wildman–Crippen LogP) is 4.64. The summed E-state index contributed by atoms with van der Waals surface area (Å²) in [7, 11) is 3.31. The normalized spacial score (nSPS) is 10.8. The predicted molar refractivity (Wildman–Crippen MR) is 101 cm³/mol. The lowest BCUT2D eigenvalue weighted by molar-refractivity contribution is 0.402. The topological polar surface area (TPSA) is 44.2 Å². The van der Waals surface area contributed by atoms with Crippen molar-refractivity contribution >= 4 is 12.2 Å². The van der Waals surface area contributed by atoms with Gasteiger partial charge in [0.15, 0.2) is 0 Å². The van der Waals surface area contributed by atoms with Gasteiger partial charge in [-0.2, -0.15) is 0 Å². The Balaban J connectivity index is 1.91. The van der Waals surface area contributed by atoms with Gasteiger partial charge in [-0.15, -0.1) is 0 Å². The zero-order valence-electron chi connectivity index (χ0n) is 14.6. The lowest BCUT2D eigenvalue weighted by Crippen LogP contribution is -1.90. The van der Waals surface area contributed by atoms with Crippen LogP contribution in [0.4, 0.5) is 0 Å². The lowest BCUT2D eigenvalue weighted by atomic mass is 10.1. The molecule has 0 unspecified atom stereocenters. The SMILES string of the molecule is COc1ccc(OC)c(/C=C/c2ccnc(-c3cc(C)ccn3)c2)c1. The first-order valence-electron chi connectivity index (χ1n) is 7.99. The van der Waals surface area contributed by atoms with Crippen LogP contribution in [0.25, 0.3) is 23.5 Å². The van der Waals surface area contributed by atoms with E-state index in [1.165, 1.54) is 0 Å². The van der Waals surface area contributed by atoms with Gasteiger partial charge in [0.1, 0.15) is 11.5 Å². The molecule has 0 atom stereocenters. The van der Waals surface area contributed by atoms with Gasteiger partial charge in [0.2, 0.25) is 0 Å². The van der Waals surface area contributed by atoms with Crippen LogP contribution >= 0.6 is 0 Å². The van der Waals surface area contributed by atoms with Crippen molar-refractivity contribution in [2.75, 3.05) is 14.2 Å². The lowest BCUT2D eigenvalue weighted by Gasteiger charge is -2.07. The molecule has 0 aliphatic rings. The van der Waals surface area contributed by atoms with Crippen molar-refractivity contribution in [2.45, 2.75) is 6.92 Å². The van der Waals surface area contributed by atoms with Gasteiger partial charge in [-0.3, -0.25) is 9.97 Å². The van der Waals surface area contributed by atoms with Crippen molar-refractivity contribution < 1.29 is 9.47 Å². The first kappa shape index (κ1) is 16.7. The molecule has 0 N–H and O–H groups in total. The van der Waals surface area contributed by atoms with Gasteiger partial charge in [-0.05, 0) is 60.5 Å². The quantitative estimate of drug-likeness (QED) is 0.683. The summed E-state index contributed by atoms with van der Waals surface area (Å²) in [5, 5.41) is 0. The van der Waals surface area contributed by atoms with E-state index < -0.39 is 0 Å². The molecule has 0 saturated carbocycles. The number of rotatable bonds is 5.